The van der Waals surface area contributed by atoms with Crippen LogP contribution in [0.5, 0.6) is 5.75 Å². The Balaban J connectivity index is 1.49. The van der Waals surface area contributed by atoms with E-state index in [0.717, 1.165) is 11.3 Å². The van der Waals surface area contributed by atoms with Crippen molar-refractivity contribution in [3.8, 4) is 11.4 Å². The molecule has 32 heavy (non-hydrogen) atoms. The third-order valence-electron chi connectivity index (χ3n) is 4.89. The van der Waals surface area contributed by atoms with Crippen molar-refractivity contribution in [3.05, 3.63) is 120 Å². The molecule has 0 fully saturated rings. The fourth-order valence-electron chi connectivity index (χ4n) is 3.24. The van der Waals surface area contributed by atoms with E-state index in [2.05, 4.69) is 10.5 Å². The quantitative estimate of drug-likeness (QED) is 0.210. The van der Waals surface area contributed by atoms with Crippen LogP contribution < -0.4 is 10.2 Å². The van der Waals surface area contributed by atoms with Gasteiger partial charge in [-0.25, -0.2) is 10.2 Å². The van der Waals surface area contributed by atoms with Crippen LogP contribution in [0.2, 0.25) is 0 Å². The minimum Gasteiger partial charge on any atom is -0.422 e. The zero-order valence-corrected chi connectivity index (χ0v) is 17.4. The molecule has 0 bridgehead atoms. The molecule has 0 spiro atoms. The van der Waals surface area contributed by atoms with Gasteiger partial charge in [-0.15, -0.1) is 0 Å². The summed E-state index contributed by atoms with van der Waals surface area (Å²) in [6.07, 6.45) is 5.19. The third-order valence-corrected chi connectivity index (χ3v) is 4.89. The molecule has 0 radical (unpaired) electrons. The Morgan fingerprint density at radius 1 is 0.844 bits per heavy atom. The van der Waals surface area contributed by atoms with Crippen molar-refractivity contribution < 1.29 is 14.3 Å². The molecule has 0 aliphatic carbocycles. The molecule has 3 aromatic carbocycles. The van der Waals surface area contributed by atoms with E-state index >= 15 is 0 Å². The van der Waals surface area contributed by atoms with Crippen LogP contribution in [-0.4, -0.2) is 22.7 Å². The van der Waals surface area contributed by atoms with Gasteiger partial charge in [0, 0.05) is 18.0 Å². The SMILES string of the molecule is Cc1ccccc1C(=O)Oc1ccccc1/C=N/NC(=O)c1ccccc1-n1cccc1. The van der Waals surface area contributed by atoms with Crippen LogP contribution in [0.1, 0.15) is 31.8 Å². The number of aromatic nitrogens is 1. The minimum absolute atomic E-state index is 0.347. The molecule has 0 saturated heterocycles. The number of nitrogens with zero attached hydrogens (tertiary/aromatic N) is 2. The molecule has 0 aliphatic heterocycles. The fraction of sp³-hybridized carbons (Fsp3) is 0.0385. The van der Waals surface area contributed by atoms with Crippen LogP contribution in [-0.2, 0) is 0 Å². The first-order valence-electron chi connectivity index (χ1n) is 10.1. The molecule has 6 nitrogen and oxygen atoms in total. The van der Waals surface area contributed by atoms with E-state index in [4.69, 9.17) is 4.74 Å². The summed E-state index contributed by atoms with van der Waals surface area (Å²) in [5.74, 6) is -0.444. The number of ether oxygens (including phenoxy) is 1. The molecule has 4 aromatic rings. The second-order valence-corrected chi connectivity index (χ2v) is 7.05. The molecule has 1 aromatic heterocycles. The van der Waals surface area contributed by atoms with Crippen molar-refractivity contribution in [2.45, 2.75) is 6.92 Å². The maximum absolute atomic E-state index is 12.7. The van der Waals surface area contributed by atoms with E-state index in [-0.39, 0.29) is 5.91 Å². The highest BCUT2D eigenvalue weighted by molar-refractivity contribution is 5.98. The predicted octanol–water partition coefficient (Wildman–Crippen LogP) is 4.77. The fourth-order valence-corrected chi connectivity index (χ4v) is 3.24. The number of esters is 1. The zero-order valence-electron chi connectivity index (χ0n) is 17.4. The second kappa shape index (κ2) is 9.57. The van der Waals surface area contributed by atoms with Crippen molar-refractivity contribution in [1.82, 2.24) is 9.99 Å². The number of aryl methyl sites for hydroxylation is 1. The Labute approximate surface area is 185 Å². The van der Waals surface area contributed by atoms with Gasteiger partial charge in [0.2, 0.25) is 0 Å². The standard InChI is InChI=1S/C26H21N3O3/c1-19-10-2-4-12-21(19)26(31)32-24-15-7-3-11-20(24)18-27-28-25(30)22-13-5-6-14-23(22)29-16-8-9-17-29/h2-18H,1H3,(H,28,30)/b27-18+. The Morgan fingerprint density at radius 2 is 1.50 bits per heavy atom. The van der Waals surface area contributed by atoms with E-state index in [9.17, 15) is 9.59 Å². The number of hydrogen-bond donors (Lipinski definition) is 1. The van der Waals surface area contributed by atoms with Crippen LogP contribution >= 0.6 is 0 Å². The van der Waals surface area contributed by atoms with Gasteiger partial charge in [-0.3, -0.25) is 4.79 Å². The zero-order chi connectivity index (χ0) is 22.3. The second-order valence-electron chi connectivity index (χ2n) is 7.05. The monoisotopic (exact) mass is 423 g/mol. The summed E-state index contributed by atoms with van der Waals surface area (Å²) in [4.78, 5) is 25.3. The number of carbonyl (C=O) groups excluding carboxylic acids is 2. The van der Waals surface area contributed by atoms with Gasteiger partial charge in [0.05, 0.1) is 23.0 Å². The third kappa shape index (κ3) is 4.65. The molecule has 1 heterocycles. The summed E-state index contributed by atoms with van der Waals surface area (Å²) < 4.78 is 7.44. The van der Waals surface area contributed by atoms with Crippen molar-refractivity contribution >= 4 is 18.1 Å². The van der Waals surface area contributed by atoms with E-state index in [1.165, 1.54) is 6.21 Å². The van der Waals surface area contributed by atoms with Gasteiger partial charge in [-0.05, 0) is 55.0 Å². The molecule has 6 heteroatoms. The Kier molecular flexibility index (Phi) is 6.22. The van der Waals surface area contributed by atoms with Gasteiger partial charge in [0.1, 0.15) is 5.75 Å². The number of nitrogens with one attached hydrogen (secondary N) is 1. The lowest BCUT2D eigenvalue weighted by atomic mass is 10.1. The average Bonchev–Trinajstić information content (AvgIpc) is 3.35. The van der Waals surface area contributed by atoms with Crippen LogP contribution in [0, 0.1) is 6.92 Å². The largest absolute Gasteiger partial charge is 0.422 e. The van der Waals surface area contributed by atoms with Gasteiger partial charge in [0.15, 0.2) is 0 Å². The van der Waals surface area contributed by atoms with E-state index in [1.54, 1.807) is 48.5 Å². The van der Waals surface area contributed by atoms with Crippen LogP contribution in [0.15, 0.2) is 102 Å². The number of rotatable bonds is 6. The lowest BCUT2D eigenvalue weighted by Gasteiger charge is -2.10. The van der Waals surface area contributed by atoms with Crippen LogP contribution in [0.4, 0.5) is 0 Å². The number of hydrogen-bond acceptors (Lipinski definition) is 4. The first-order chi connectivity index (χ1) is 15.6. The number of para-hydroxylation sites is 2. The van der Waals surface area contributed by atoms with Crippen LogP contribution in [0.25, 0.3) is 5.69 Å². The summed E-state index contributed by atoms with van der Waals surface area (Å²) in [5, 5.41) is 4.07. The van der Waals surface area contributed by atoms with Gasteiger partial charge < -0.3 is 9.30 Å². The molecule has 158 valence electrons. The maximum atomic E-state index is 12.7. The van der Waals surface area contributed by atoms with Gasteiger partial charge >= 0.3 is 5.97 Å². The van der Waals surface area contributed by atoms with Crippen LogP contribution in [0.3, 0.4) is 0 Å². The molecule has 0 unspecified atom stereocenters. The number of benzene rings is 3. The summed E-state index contributed by atoms with van der Waals surface area (Å²) in [6.45, 7) is 1.85. The maximum Gasteiger partial charge on any atom is 0.343 e. The molecule has 0 aliphatic rings. The molecule has 0 saturated carbocycles. The first kappa shape index (κ1) is 20.8. The molecule has 1 N–H and O–H groups in total. The topological polar surface area (TPSA) is 72.7 Å². The van der Waals surface area contributed by atoms with Crippen molar-refractivity contribution in [1.29, 1.82) is 0 Å². The minimum atomic E-state index is -0.450. The highest BCUT2D eigenvalue weighted by Gasteiger charge is 2.13. The van der Waals surface area contributed by atoms with Crippen molar-refractivity contribution in [3.63, 3.8) is 0 Å². The molecule has 0 atom stereocenters. The van der Waals surface area contributed by atoms with Crippen molar-refractivity contribution in [2.24, 2.45) is 5.10 Å². The van der Waals surface area contributed by atoms with E-state index < -0.39 is 5.97 Å². The Bertz CT molecular complexity index is 1280. The van der Waals surface area contributed by atoms with E-state index in [0.29, 0.717) is 22.4 Å². The highest BCUT2D eigenvalue weighted by atomic mass is 16.5. The summed E-state index contributed by atoms with van der Waals surface area (Å²) >= 11 is 0. The molecular weight excluding hydrogens is 402 g/mol. The van der Waals surface area contributed by atoms with E-state index in [1.807, 2.05) is 60.3 Å². The number of hydrazone groups is 1. The van der Waals surface area contributed by atoms with Crippen molar-refractivity contribution in [2.75, 3.05) is 0 Å². The number of carbonyl (C=O) groups is 2. The highest BCUT2D eigenvalue weighted by Crippen LogP contribution is 2.19. The molecule has 1 amide bonds. The van der Waals surface area contributed by atoms with Gasteiger partial charge in [-0.1, -0.05) is 42.5 Å². The lowest BCUT2D eigenvalue weighted by Crippen LogP contribution is -2.19. The summed E-state index contributed by atoms with van der Waals surface area (Å²) in [7, 11) is 0. The predicted molar refractivity (Wildman–Crippen MR) is 123 cm³/mol. The van der Waals surface area contributed by atoms with Gasteiger partial charge in [-0.2, -0.15) is 5.10 Å². The smallest absolute Gasteiger partial charge is 0.343 e. The Morgan fingerprint density at radius 3 is 2.28 bits per heavy atom. The molecule has 4 rings (SSSR count). The molecular formula is C26H21N3O3. The summed E-state index contributed by atoms with van der Waals surface area (Å²) in [6, 6.07) is 25.3. The Hall–Kier alpha value is -4.45. The average molecular weight is 423 g/mol. The summed E-state index contributed by atoms with van der Waals surface area (Å²) in [5.41, 5.74) is 5.67. The van der Waals surface area contributed by atoms with Gasteiger partial charge in [0.25, 0.3) is 5.91 Å². The number of amides is 1. The first-order valence-corrected chi connectivity index (χ1v) is 10.1. The normalized spacial score (nSPS) is 10.8. The lowest BCUT2D eigenvalue weighted by molar-refractivity contribution is 0.0733.